The molecule has 0 saturated heterocycles. The van der Waals surface area contributed by atoms with Gasteiger partial charge >= 0.3 is 111 Å². The van der Waals surface area contributed by atoms with Crippen LogP contribution in [-0.4, -0.2) is 18.1 Å². The van der Waals surface area contributed by atoms with Gasteiger partial charge in [-0.25, -0.2) is 0 Å². The van der Waals surface area contributed by atoms with Gasteiger partial charge in [0, 0.05) is 0 Å². The van der Waals surface area contributed by atoms with Crippen molar-refractivity contribution in [2.45, 2.75) is 19.2 Å². The van der Waals surface area contributed by atoms with Crippen LogP contribution in [0.15, 0.2) is 24.3 Å². The minimum atomic E-state index is -3.53. The summed E-state index contributed by atoms with van der Waals surface area (Å²) in [5.41, 5.74) is 1.13. The molecule has 6 heteroatoms. The predicted molar refractivity (Wildman–Crippen MR) is 73.5 cm³/mol. The normalized spacial score (nSPS) is 12.5. The second-order valence-corrected chi connectivity index (χ2v) is 5.66. The number of benzene rings is 1. The van der Waals surface area contributed by atoms with Crippen LogP contribution in [0.4, 0.5) is 0 Å². The number of rotatable bonds is 7. The van der Waals surface area contributed by atoms with Crippen molar-refractivity contribution in [1.82, 2.24) is 0 Å². The summed E-state index contributed by atoms with van der Waals surface area (Å²) >= 11 is 3.36. The molecule has 0 bridgehead atoms. The van der Waals surface area contributed by atoms with Crippen LogP contribution in [0, 0.1) is 0 Å². The Balaban J connectivity index is 2.71. The SMILES string of the molecule is CCO[PH](O)(OCC)Oc1ccc(CBr)cc1. The number of halogens is 1. The zero-order valence-electron chi connectivity index (χ0n) is 9.98. The van der Waals surface area contributed by atoms with Gasteiger partial charge in [0.05, 0.1) is 0 Å². The Morgan fingerprint density at radius 3 is 2.06 bits per heavy atom. The molecule has 4 nitrogen and oxygen atoms in total. The third kappa shape index (κ3) is 4.90. The molecule has 17 heavy (non-hydrogen) atoms. The van der Waals surface area contributed by atoms with E-state index in [2.05, 4.69) is 15.9 Å². The first-order valence-electron chi connectivity index (χ1n) is 5.47. The van der Waals surface area contributed by atoms with Crippen molar-refractivity contribution in [2.24, 2.45) is 0 Å². The van der Waals surface area contributed by atoms with Crippen LogP contribution in [0.1, 0.15) is 19.4 Å². The third-order valence-electron chi connectivity index (χ3n) is 1.98. The second-order valence-electron chi connectivity index (χ2n) is 3.27. The van der Waals surface area contributed by atoms with E-state index >= 15 is 0 Å². The molecule has 1 aromatic rings. The van der Waals surface area contributed by atoms with Crippen LogP contribution in [0.5, 0.6) is 5.75 Å². The molecule has 0 aliphatic heterocycles. The van der Waals surface area contributed by atoms with Crippen LogP contribution in [-0.2, 0) is 14.4 Å². The fourth-order valence-electron chi connectivity index (χ4n) is 1.26. The van der Waals surface area contributed by atoms with Gasteiger partial charge in [-0.1, -0.05) is 0 Å². The molecule has 0 aliphatic rings. The first-order valence-corrected chi connectivity index (χ1v) is 8.27. The molecule has 1 N–H and O–H groups in total. The first-order chi connectivity index (χ1) is 8.13. The van der Waals surface area contributed by atoms with E-state index in [4.69, 9.17) is 13.6 Å². The maximum absolute atomic E-state index is 10.1. The van der Waals surface area contributed by atoms with Gasteiger partial charge in [-0.3, -0.25) is 0 Å². The summed E-state index contributed by atoms with van der Waals surface area (Å²) in [7, 11) is -3.53. The minimum absolute atomic E-state index is 0.349. The summed E-state index contributed by atoms with van der Waals surface area (Å²) < 4.78 is 15.8. The monoisotopic (exact) mass is 324 g/mol. The molecule has 0 amide bonds. The molecule has 1 rings (SSSR count). The van der Waals surface area contributed by atoms with E-state index in [1.807, 2.05) is 12.1 Å². The van der Waals surface area contributed by atoms with Crippen molar-refractivity contribution in [3.8, 4) is 5.75 Å². The van der Waals surface area contributed by atoms with Crippen LogP contribution in [0.25, 0.3) is 0 Å². The average Bonchev–Trinajstić information content (AvgIpc) is 2.30. The van der Waals surface area contributed by atoms with E-state index in [0.29, 0.717) is 19.0 Å². The van der Waals surface area contributed by atoms with Crippen LogP contribution >= 0.6 is 24.1 Å². The predicted octanol–water partition coefficient (Wildman–Crippen LogP) is 3.44. The van der Waals surface area contributed by atoms with E-state index in [0.717, 1.165) is 10.9 Å². The molecule has 0 heterocycles. The molecule has 0 radical (unpaired) electrons. The second kappa shape index (κ2) is 7.29. The molecule has 0 aromatic heterocycles. The van der Waals surface area contributed by atoms with E-state index in [1.54, 1.807) is 26.0 Å². The topological polar surface area (TPSA) is 47.9 Å². The molecule has 0 unspecified atom stereocenters. The van der Waals surface area contributed by atoms with E-state index < -0.39 is 8.17 Å². The van der Waals surface area contributed by atoms with Gasteiger partial charge in [0.2, 0.25) is 0 Å². The van der Waals surface area contributed by atoms with Gasteiger partial charge in [-0.2, -0.15) is 0 Å². The molecule has 0 fully saturated rings. The molecular weight excluding hydrogens is 307 g/mol. The van der Waals surface area contributed by atoms with Crippen molar-refractivity contribution >= 4 is 24.1 Å². The Hall–Kier alpha value is -0.190. The Bertz CT molecular complexity index is 325. The summed E-state index contributed by atoms with van der Waals surface area (Å²) in [6.45, 7) is 4.27. The van der Waals surface area contributed by atoms with Gasteiger partial charge in [0.15, 0.2) is 0 Å². The zero-order valence-corrected chi connectivity index (χ0v) is 12.6. The van der Waals surface area contributed by atoms with E-state index in [-0.39, 0.29) is 0 Å². The Kier molecular flexibility index (Phi) is 6.38. The summed E-state index contributed by atoms with van der Waals surface area (Å²) in [6.07, 6.45) is 0. The van der Waals surface area contributed by atoms with Crippen LogP contribution < -0.4 is 4.52 Å². The maximum atomic E-state index is 10.1. The summed E-state index contributed by atoms with van der Waals surface area (Å²) in [6, 6.07) is 7.40. The standard InChI is InChI=1S/C11H18BrO4P/c1-3-14-17(13,15-4-2)16-11-7-5-10(9-12)6-8-11/h5-8,13,17H,3-4,9H2,1-2H3. The molecule has 1 aromatic carbocycles. The van der Waals surface area contributed by atoms with Crippen LogP contribution in [0.2, 0.25) is 0 Å². The fraction of sp³-hybridized carbons (Fsp3) is 0.455. The average molecular weight is 325 g/mol. The molecule has 0 saturated carbocycles. The van der Waals surface area contributed by atoms with Crippen molar-refractivity contribution in [1.29, 1.82) is 0 Å². The molecule has 0 aliphatic carbocycles. The molecule has 0 atom stereocenters. The van der Waals surface area contributed by atoms with Gasteiger partial charge in [0.25, 0.3) is 0 Å². The third-order valence-corrected chi connectivity index (χ3v) is 4.43. The zero-order chi connectivity index (χ0) is 12.7. The summed E-state index contributed by atoms with van der Waals surface area (Å²) in [4.78, 5) is 10.1. The van der Waals surface area contributed by atoms with Crippen LogP contribution in [0.3, 0.4) is 0 Å². The van der Waals surface area contributed by atoms with E-state index in [1.165, 1.54) is 0 Å². The Morgan fingerprint density at radius 1 is 1.12 bits per heavy atom. The van der Waals surface area contributed by atoms with Gasteiger partial charge in [0.1, 0.15) is 0 Å². The fourth-order valence-corrected chi connectivity index (χ4v) is 3.00. The van der Waals surface area contributed by atoms with Gasteiger partial charge in [-0.15, -0.1) is 0 Å². The van der Waals surface area contributed by atoms with Crippen molar-refractivity contribution in [3.63, 3.8) is 0 Å². The molecular formula is C11H18BrO4P. The Labute approximate surface area is 111 Å². The van der Waals surface area contributed by atoms with Crippen molar-refractivity contribution in [2.75, 3.05) is 13.2 Å². The summed E-state index contributed by atoms with van der Waals surface area (Å²) in [5, 5.41) is 0.784. The summed E-state index contributed by atoms with van der Waals surface area (Å²) in [5.74, 6) is 0.547. The first kappa shape index (κ1) is 14.9. The number of alkyl halides is 1. The van der Waals surface area contributed by atoms with Crippen molar-refractivity contribution < 1.29 is 18.5 Å². The Morgan fingerprint density at radius 2 is 1.65 bits per heavy atom. The van der Waals surface area contributed by atoms with Gasteiger partial charge in [-0.05, 0) is 0 Å². The van der Waals surface area contributed by atoms with E-state index in [9.17, 15) is 4.89 Å². The number of hydrogen-bond acceptors (Lipinski definition) is 4. The van der Waals surface area contributed by atoms with Gasteiger partial charge < -0.3 is 0 Å². The van der Waals surface area contributed by atoms with Crippen molar-refractivity contribution in [3.05, 3.63) is 29.8 Å². The molecule has 98 valence electrons. The molecule has 0 spiro atoms. The number of hydrogen-bond donors (Lipinski definition) is 1. The quantitative estimate of drug-likeness (QED) is 0.616.